The lowest BCUT2D eigenvalue weighted by Crippen LogP contribution is -2.24. The van der Waals surface area contributed by atoms with Gasteiger partial charge >= 0.3 is 0 Å². The zero-order chi connectivity index (χ0) is 12.3. The fourth-order valence-corrected chi connectivity index (χ4v) is 2.70. The Kier molecular flexibility index (Phi) is 4.41. The fraction of sp³-hybridized carbons (Fsp3) is 0.643. The Hall–Kier alpha value is -0.600. The highest BCUT2D eigenvalue weighted by molar-refractivity contribution is 6.30. The Morgan fingerprint density at radius 1 is 1.53 bits per heavy atom. The highest BCUT2D eigenvalue weighted by Crippen LogP contribution is 2.32. The number of halogens is 1. The molecule has 3 heteroatoms. The molecule has 0 bridgehead atoms. The fourth-order valence-electron chi connectivity index (χ4n) is 2.59. The molecule has 17 heavy (non-hydrogen) atoms. The van der Waals surface area contributed by atoms with E-state index in [0.717, 1.165) is 5.56 Å². The van der Waals surface area contributed by atoms with Gasteiger partial charge in [0.2, 0.25) is 0 Å². The van der Waals surface area contributed by atoms with Crippen LogP contribution in [0.3, 0.4) is 0 Å². The summed E-state index contributed by atoms with van der Waals surface area (Å²) in [5, 5.41) is 0.631. The maximum absolute atomic E-state index is 5.98. The second-order valence-electron chi connectivity index (χ2n) is 4.92. The number of pyridine rings is 1. The number of aromatic nitrogens is 1. The SMILES string of the molecule is CCCCN1CCC[C@@H]1c1cnc(Cl)c(C)c1. The maximum atomic E-state index is 5.98. The lowest BCUT2D eigenvalue weighted by atomic mass is 10.1. The van der Waals surface area contributed by atoms with E-state index in [1.165, 1.54) is 44.3 Å². The second-order valence-corrected chi connectivity index (χ2v) is 5.28. The van der Waals surface area contributed by atoms with Crippen LogP contribution in [0.25, 0.3) is 0 Å². The summed E-state index contributed by atoms with van der Waals surface area (Å²) in [5.41, 5.74) is 2.42. The predicted octanol–water partition coefficient (Wildman–Crippen LogP) is 3.98. The van der Waals surface area contributed by atoms with Crippen LogP contribution in [0.2, 0.25) is 5.15 Å². The number of likely N-dealkylation sites (tertiary alicyclic amines) is 1. The summed E-state index contributed by atoms with van der Waals surface area (Å²) in [7, 11) is 0. The van der Waals surface area contributed by atoms with Crippen LogP contribution < -0.4 is 0 Å². The van der Waals surface area contributed by atoms with Crippen molar-refractivity contribution in [2.75, 3.05) is 13.1 Å². The minimum absolute atomic E-state index is 0.560. The van der Waals surface area contributed by atoms with Crippen molar-refractivity contribution >= 4 is 11.6 Å². The molecule has 1 aliphatic heterocycles. The first-order chi connectivity index (χ1) is 8.22. The van der Waals surface area contributed by atoms with Crippen molar-refractivity contribution in [2.45, 2.75) is 45.6 Å². The van der Waals surface area contributed by atoms with Crippen molar-refractivity contribution in [3.63, 3.8) is 0 Å². The Morgan fingerprint density at radius 3 is 3.06 bits per heavy atom. The van der Waals surface area contributed by atoms with Gasteiger partial charge in [0.05, 0.1) is 0 Å². The third kappa shape index (κ3) is 2.99. The number of unbranched alkanes of at least 4 members (excludes halogenated alkanes) is 1. The molecule has 2 nitrogen and oxygen atoms in total. The molecule has 1 saturated heterocycles. The first-order valence-corrected chi connectivity index (χ1v) is 6.96. The lowest BCUT2D eigenvalue weighted by molar-refractivity contribution is 0.253. The van der Waals surface area contributed by atoms with Crippen molar-refractivity contribution in [3.05, 3.63) is 28.5 Å². The van der Waals surface area contributed by atoms with Gasteiger partial charge in [-0.05, 0) is 56.5 Å². The van der Waals surface area contributed by atoms with E-state index in [-0.39, 0.29) is 0 Å². The molecule has 2 rings (SSSR count). The average molecular weight is 253 g/mol. The van der Waals surface area contributed by atoms with Gasteiger partial charge in [-0.3, -0.25) is 4.90 Å². The van der Waals surface area contributed by atoms with E-state index in [4.69, 9.17) is 11.6 Å². The summed E-state index contributed by atoms with van der Waals surface area (Å²) in [6.45, 7) is 6.72. The highest BCUT2D eigenvalue weighted by atomic mass is 35.5. The molecule has 1 aliphatic rings. The van der Waals surface area contributed by atoms with Gasteiger partial charge in [-0.15, -0.1) is 0 Å². The van der Waals surface area contributed by atoms with Gasteiger partial charge in [0.25, 0.3) is 0 Å². The second kappa shape index (κ2) is 5.83. The third-order valence-electron chi connectivity index (χ3n) is 3.58. The quantitative estimate of drug-likeness (QED) is 0.754. The smallest absolute Gasteiger partial charge is 0.131 e. The summed E-state index contributed by atoms with van der Waals surface area (Å²) < 4.78 is 0. The standard InChI is InChI=1S/C14H21ClN2/c1-3-4-7-17-8-5-6-13(17)12-9-11(2)14(15)16-10-12/h9-10,13H,3-8H2,1-2H3/t13-/m1/s1. The molecule has 0 amide bonds. The van der Waals surface area contributed by atoms with Crippen LogP contribution in [0.4, 0.5) is 0 Å². The van der Waals surface area contributed by atoms with Crippen molar-refractivity contribution in [1.82, 2.24) is 9.88 Å². The molecule has 1 atom stereocenters. The summed E-state index contributed by atoms with van der Waals surface area (Å²) in [5.74, 6) is 0. The Bertz CT molecular complexity index is 378. The summed E-state index contributed by atoms with van der Waals surface area (Å²) in [6.07, 6.45) is 7.06. The minimum atomic E-state index is 0.560. The number of hydrogen-bond donors (Lipinski definition) is 0. The van der Waals surface area contributed by atoms with Crippen molar-refractivity contribution in [2.24, 2.45) is 0 Å². The Morgan fingerprint density at radius 2 is 2.35 bits per heavy atom. The van der Waals surface area contributed by atoms with Crippen LogP contribution in [0, 0.1) is 6.92 Å². The predicted molar refractivity (Wildman–Crippen MR) is 72.4 cm³/mol. The summed E-state index contributed by atoms with van der Waals surface area (Å²) >= 11 is 5.98. The van der Waals surface area contributed by atoms with Crippen LogP contribution in [0.5, 0.6) is 0 Å². The lowest BCUT2D eigenvalue weighted by Gasteiger charge is -2.24. The molecule has 1 aromatic rings. The summed E-state index contributed by atoms with van der Waals surface area (Å²) in [4.78, 5) is 6.87. The summed E-state index contributed by atoms with van der Waals surface area (Å²) in [6, 6.07) is 2.76. The van der Waals surface area contributed by atoms with Crippen LogP contribution in [-0.4, -0.2) is 23.0 Å². The largest absolute Gasteiger partial charge is 0.296 e. The van der Waals surface area contributed by atoms with Crippen LogP contribution >= 0.6 is 11.6 Å². The molecule has 1 aromatic heterocycles. The average Bonchev–Trinajstić information content (AvgIpc) is 2.78. The van der Waals surface area contributed by atoms with E-state index in [2.05, 4.69) is 22.9 Å². The highest BCUT2D eigenvalue weighted by Gasteiger charge is 2.25. The van der Waals surface area contributed by atoms with Crippen LogP contribution in [-0.2, 0) is 0 Å². The van der Waals surface area contributed by atoms with E-state index in [1.807, 2.05) is 13.1 Å². The van der Waals surface area contributed by atoms with Gasteiger partial charge in [0.1, 0.15) is 5.15 Å². The van der Waals surface area contributed by atoms with Crippen LogP contribution in [0.15, 0.2) is 12.3 Å². The first-order valence-electron chi connectivity index (χ1n) is 6.58. The van der Waals surface area contributed by atoms with E-state index in [0.29, 0.717) is 11.2 Å². The first kappa shape index (κ1) is 12.8. The van der Waals surface area contributed by atoms with Gasteiger partial charge in [0, 0.05) is 12.2 Å². The molecule has 0 radical (unpaired) electrons. The van der Waals surface area contributed by atoms with E-state index in [9.17, 15) is 0 Å². The number of rotatable bonds is 4. The normalized spacial score (nSPS) is 21.0. The van der Waals surface area contributed by atoms with Crippen molar-refractivity contribution in [3.8, 4) is 0 Å². The molecule has 2 heterocycles. The molecule has 0 N–H and O–H groups in total. The van der Waals surface area contributed by atoms with Gasteiger partial charge in [-0.25, -0.2) is 4.98 Å². The number of hydrogen-bond acceptors (Lipinski definition) is 2. The Balaban J connectivity index is 2.11. The van der Waals surface area contributed by atoms with Gasteiger partial charge < -0.3 is 0 Å². The van der Waals surface area contributed by atoms with E-state index < -0.39 is 0 Å². The molecule has 0 saturated carbocycles. The monoisotopic (exact) mass is 252 g/mol. The van der Waals surface area contributed by atoms with Gasteiger partial charge in [-0.1, -0.05) is 24.9 Å². The van der Waals surface area contributed by atoms with Crippen molar-refractivity contribution in [1.29, 1.82) is 0 Å². The molecule has 0 aliphatic carbocycles. The molecule has 0 unspecified atom stereocenters. The molecule has 0 spiro atoms. The molecule has 0 aromatic carbocycles. The zero-order valence-corrected chi connectivity index (χ0v) is 11.5. The molecule has 94 valence electrons. The third-order valence-corrected chi connectivity index (χ3v) is 3.98. The Labute approximate surface area is 109 Å². The maximum Gasteiger partial charge on any atom is 0.131 e. The topological polar surface area (TPSA) is 16.1 Å². The van der Waals surface area contributed by atoms with E-state index in [1.54, 1.807) is 0 Å². The zero-order valence-electron chi connectivity index (χ0n) is 10.7. The number of nitrogens with zero attached hydrogens (tertiary/aromatic N) is 2. The van der Waals surface area contributed by atoms with E-state index >= 15 is 0 Å². The van der Waals surface area contributed by atoms with Gasteiger partial charge in [-0.2, -0.15) is 0 Å². The molecular weight excluding hydrogens is 232 g/mol. The van der Waals surface area contributed by atoms with Crippen LogP contribution in [0.1, 0.15) is 49.8 Å². The van der Waals surface area contributed by atoms with Crippen molar-refractivity contribution < 1.29 is 0 Å². The molecular formula is C14H21ClN2. The minimum Gasteiger partial charge on any atom is -0.296 e. The number of aryl methyl sites for hydroxylation is 1. The van der Waals surface area contributed by atoms with Gasteiger partial charge in [0.15, 0.2) is 0 Å². The molecule has 1 fully saturated rings.